The summed E-state index contributed by atoms with van der Waals surface area (Å²) in [6, 6.07) is -0.815. The zero-order valence-electron chi connectivity index (χ0n) is 34.7. The van der Waals surface area contributed by atoms with E-state index in [0.29, 0.717) is 6.42 Å². The van der Waals surface area contributed by atoms with Crippen molar-refractivity contribution in [3.63, 3.8) is 0 Å². The number of unbranched alkanes of at least 4 members (excludes halogenated alkanes) is 25. The Bertz CT molecular complexity index is 899. The molecule has 1 heterocycles. The number of rotatable bonds is 37. The second-order valence-electron chi connectivity index (χ2n) is 15.8. The van der Waals surface area contributed by atoms with Crippen LogP contribution in [-0.4, -0.2) is 87.5 Å². The molecule has 9 nitrogen and oxygen atoms in total. The SMILES string of the molecule is CCCCCCCCCCCCCCC/C=C/CC/C=C/C(O)C(COC1OC(CO)C(O)C(O)C1O)NC(=O)CCCCCCCCCCCCCC. The van der Waals surface area contributed by atoms with Gasteiger partial charge in [-0.1, -0.05) is 186 Å². The molecule has 1 fully saturated rings. The molecule has 1 amide bonds. The van der Waals surface area contributed by atoms with Crippen molar-refractivity contribution in [1.82, 2.24) is 5.32 Å². The number of aliphatic hydroxyl groups excluding tert-OH is 5. The standard InChI is InChI=1S/C45H85NO8/c1-3-5-7-9-11-13-15-17-18-19-20-21-22-23-24-26-28-30-32-34-39(48)38(37-53-45-44(52)43(51)42(50)40(36-47)54-45)46-41(49)35-33-31-29-27-25-16-14-12-10-8-6-4-2/h24,26,32,34,38-40,42-45,47-48,50-52H,3-23,25,27-31,33,35-37H2,1-2H3,(H,46,49)/b26-24+,34-32+. The van der Waals surface area contributed by atoms with Gasteiger partial charge in [-0.15, -0.1) is 0 Å². The maximum atomic E-state index is 12.9. The molecule has 0 saturated carbocycles. The highest BCUT2D eigenvalue weighted by Crippen LogP contribution is 2.22. The van der Waals surface area contributed by atoms with Crippen molar-refractivity contribution >= 4 is 5.91 Å². The van der Waals surface area contributed by atoms with Crippen LogP contribution in [0.2, 0.25) is 0 Å². The van der Waals surface area contributed by atoms with Crippen LogP contribution in [0.25, 0.3) is 0 Å². The molecule has 1 rings (SSSR count). The molecule has 0 aromatic rings. The third kappa shape index (κ3) is 26.5. The third-order valence-electron chi connectivity index (χ3n) is 10.8. The van der Waals surface area contributed by atoms with Crippen LogP contribution < -0.4 is 5.32 Å². The van der Waals surface area contributed by atoms with Gasteiger partial charge in [-0.05, 0) is 32.1 Å². The Morgan fingerprint density at radius 3 is 1.56 bits per heavy atom. The molecule has 0 aromatic carbocycles. The minimum absolute atomic E-state index is 0.187. The summed E-state index contributed by atoms with van der Waals surface area (Å²) in [7, 11) is 0. The number of carbonyl (C=O) groups is 1. The van der Waals surface area contributed by atoms with Crippen molar-refractivity contribution < 1.29 is 39.8 Å². The van der Waals surface area contributed by atoms with Crippen LogP contribution in [0.3, 0.4) is 0 Å². The minimum atomic E-state index is -1.57. The van der Waals surface area contributed by atoms with Gasteiger partial charge in [0.05, 0.1) is 25.4 Å². The quantitative estimate of drug-likeness (QED) is 0.0271. The van der Waals surface area contributed by atoms with Gasteiger partial charge in [0.15, 0.2) is 6.29 Å². The molecule has 0 aromatic heterocycles. The summed E-state index contributed by atoms with van der Waals surface area (Å²) in [5, 5.41) is 54.1. The van der Waals surface area contributed by atoms with Gasteiger partial charge in [0, 0.05) is 6.42 Å². The van der Waals surface area contributed by atoms with Crippen molar-refractivity contribution in [2.24, 2.45) is 0 Å². The molecule has 9 heteroatoms. The van der Waals surface area contributed by atoms with Crippen LogP contribution in [0, 0.1) is 0 Å². The number of ether oxygens (including phenoxy) is 2. The molecule has 1 saturated heterocycles. The highest BCUT2D eigenvalue weighted by atomic mass is 16.7. The van der Waals surface area contributed by atoms with E-state index in [4.69, 9.17) is 9.47 Å². The molecule has 0 spiro atoms. The van der Waals surface area contributed by atoms with Crippen LogP contribution >= 0.6 is 0 Å². The Labute approximate surface area is 330 Å². The van der Waals surface area contributed by atoms with Crippen LogP contribution in [0.4, 0.5) is 0 Å². The van der Waals surface area contributed by atoms with Crippen molar-refractivity contribution in [2.75, 3.05) is 13.2 Å². The first kappa shape index (κ1) is 50.7. The predicted octanol–water partition coefficient (Wildman–Crippen LogP) is 9.11. The first-order valence-corrected chi connectivity index (χ1v) is 22.6. The largest absolute Gasteiger partial charge is 0.394 e. The smallest absolute Gasteiger partial charge is 0.220 e. The molecule has 318 valence electrons. The van der Waals surface area contributed by atoms with E-state index in [1.807, 2.05) is 6.08 Å². The lowest BCUT2D eigenvalue weighted by atomic mass is 9.99. The fourth-order valence-corrected chi connectivity index (χ4v) is 7.11. The first-order valence-electron chi connectivity index (χ1n) is 22.6. The van der Waals surface area contributed by atoms with Gasteiger partial charge in [-0.25, -0.2) is 0 Å². The van der Waals surface area contributed by atoms with Gasteiger partial charge in [-0.2, -0.15) is 0 Å². The van der Waals surface area contributed by atoms with Crippen molar-refractivity contribution in [1.29, 1.82) is 0 Å². The summed E-state index contributed by atoms with van der Waals surface area (Å²) >= 11 is 0. The summed E-state index contributed by atoms with van der Waals surface area (Å²) in [6.45, 7) is 3.75. The molecule has 1 aliphatic rings. The highest BCUT2D eigenvalue weighted by molar-refractivity contribution is 5.76. The third-order valence-corrected chi connectivity index (χ3v) is 10.8. The number of carbonyl (C=O) groups excluding carboxylic acids is 1. The molecular formula is C45H85NO8. The van der Waals surface area contributed by atoms with Crippen molar-refractivity contribution in [2.45, 2.75) is 243 Å². The maximum Gasteiger partial charge on any atom is 0.220 e. The predicted molar refractivity (Wildman–Crippen MR) is 221 cm³/mol. The molecular weight excluding hydrogens is 682 g/mol. The Morgan fingerprint density at radius 2 is 1.06 bits per heavy atom. The minimum Gasteiger partial charge on any atom is -0.394 e. The lowest BCUT2D eigenvalue weighted by Crippen LogP contribution is -2.60. The van der Waals surface area contributed by atoms with Gasteiger partial charge in [0.2, 0.25) is 5.91 Å². The summed E-state index contributed by atoms with van der Waals surface area (Å²) in [4.78, 5) is 12.9. The average molecular weight is 768 g/mol. The Balaban J connectivity index is 2.38. The molecule has 0 aliphatic carbocycles. The van der Waals surface area contributed by atoms with Gasteiger partial charge < -0.3 is 40.3 Å². The Kier molecular flexibility index (Phi) is 33.8. The Hall–Kier alpha value is -1.33. The second-order valence-corrected chi connectivity index (χ2v) is 15.8. The van der Waals surface area contributed by atoms with Crippen LogP contribution in [-0.2, 0) is 14.3 Å². The summed E-state index contributed by atoms with van der Waals surface area (Å²) < 4.78 is 11.2. The molecule has 0 bridgehead atoms. The molecule has 7 unspecified atom stereocenters. The number of aliphatic hydroxyl groups is 5. The lowest BCUT2D eigenvalue weighted by molar-refractivity contribution is -0.302. The fourth-order valence-electron chi connectivity index (χ4n) is 7.11. The summed E-state index contributed by atoms with van der Waals surface area (Å²) in [5.41, 5.74) is 0. The van der Waals surface area contributed by atoms with Crippen LogP contribution in [0.15, 0.2) is 24.3 Å². The van der Waals surface area contributed by atoms with Crippen molar-refractivity contribution in [3.05, 3.63) is 24.3 Å². The monoisotopic (exact) mass is 768 g/mol. The molecule has 54 heavy (non-hydrogen) atoms. The van der Waals surface area contributed by atoms with Gasteiger partial charge in [0.1, 0.15) is 24.4 Å². The number of hydrogen-bond donors (Lipinski definition) is 6. The summed E-state index contributed by atoms with van der Waals surface area (Å²) in [6.07, 6.45) is 35.1. The van der Waals surface area contributed by atoms with Gasteiger partial charge in [-0.3, -0.25) is 4.79 Å². The van der Waals surface area contributed by atoms with E-state index < -0.39 is 49.5 Å². The van der Waals surface area contributed by atoms with Crippen LogP contribution in [0.1, 0.15) is 200 Å². The normalized spacial score (nSPS) is 21.6. The molecule has 7 atom stereocenters. The fraction of sp³-hybridized carbons (Fsp3) is 0.889. The average Bonchev–Trinajstić information content (AvgIpc) is 3.17. The van der Waals surface area contributed by atoms with E-state index in [1.165, 1.54) is 141 Å². The van der Waals surface area contributed by atoms with E-state index in [1.54, 1.807) is 6.08 Å². The van der Waals surface area contributed by atoms with E-state index in [0.717, 1.165) is 38.5 Å². The molecule has 1 aliphatic heterocycles. The van der Waals surface area contributed by atoms with Crippen LogP contribution in [0.5, 0.6) is 0 Å². The zero-order valence-corrected chi connectivity index (χ0v) is 34.7. The van der Waals surface area contributed by atoms with E-state index >= 15 is 0 Å². The Morgan fingerprint density at radius 1 is 0.611 bits per heavy atom. The van der Waals surface area contributed by atoms with Gasteiger partial charge in [0.25, 0.3) is 0 Å². The summed E-state index contributed by atoms with van der Waals surface area (Å²) in [5.74, 6) is -0.187. The van der Waals surface area contributed by atoms with Gasteiger partial charge >= 0.3 is 0 Å². The number of nitrogens with one attached hydrogen (secondary N) is 1. The lowest BCUT2D eigenvalue weighted by Gasteiger charge is -2.40. The first-order chi connectivity index (χ1) is 26.3. The topological polar surface area (TPSA) is 149 Å². The number of hydrogen-bond acceptors (Lipinski definition) is 8. The van der Waals surface area contributed by atoms with E-state index in [2.05, 4.69) is 31.3 Å². The van der Waals surface area contributed by atoms with Crippen molar-refractivity contribution in [3.8, 4) is 0 Å². The zero-order chi connectivity index (χ0) is 39.5. The highest BCUT2D eigenvalue weighted by Gasteiger charge is 2.44. The number of allylic oxidation sites excluding steroid dienone is 3. The second kappa shape index (κ2) is 36.0. The molecule has 6 N–H and O–H groups in total. The van der Waals surface area contributed by atoms with E-state index in [-0.39, 0.29) is 12.5 Å². The van der Waals surface area contributed by atoms with E-state index in [9.17, 15) is 30.3 Å². The maximum absolute atomic E-state index is 12.9. The molecule has 0 radical (unpaired) electrons. The number of amides is 1.